The third kappa shape index (κ3) is 3.50. The van der Waals surface area contributed by atoms with Gasteiger partial charge in [0.25, 0.3) is 0 Å². The van der Waals surface area contributed by atoms with Gasteiger partial charge < -0.3 is 9.88 Å². The highest BCUT2D eigenvalue weighted by atomic mass is 16.2. The number of nitrogens with zero attached hydrogens (tertiary/aromatic N) is 2. The molecular weight excluding hydrogens is 370 g/mol. The molecule has 0 spiro atoms. The molecule has 0 unspecified atom stereocenters. The first kappa shape index (κ1) is 18.6. The van der Waals surface area contributed by atoms with Crippen LogP contribution in [0.15, 0.2) is 72.9 Å². The van der Waals surface area contributed by atoms with Crippen molar-refractivity contribution < 1.29 is 4.79 Å². The third-order valence-electron chi connectivity index (χ3n) is 5.96. The average molecular weight is 396 g/mol. The Balaban J connectivity index is 1.36. The lowest BCUT2D eigenvalue weighted by Crippen LogP contribution is -2.35. The van der Waals surface area contributed by atoms with Gasteiger partial charge in [0.05, 0.1) is 11.4 Å². The first-order valence-electron chi connectivity index (χ1n) is 10.7. The summed E-state index contributed by atoms with van der Waals surface area (Å²) in [6.45, 7) is 0.822. The zero-order chi connectivity index (χ0) is 20.3. The summed E-state index contributed by atoms with van der Waals surface area (Å²) in [5.41, 5.74) is 6.74. The van der Waals surface area contributed by atoms with E-state index < -0.39 is 0 Å². The molecule has 150 valence electrons. The number of H-pyrrole nitrogens is 1. The molecule has 0 bridgehead atoms. The molecule has 0 saturated heterocycles. The van der Waals surface area contributed by atoms with E-state index in [0.29, 0.717) is 6.42 Å². The normalized spacial score (nSPS) is 13.4. The zero-order valence-corrected chi connectivity index (χ0v) is 17.0. The van der Waals surface area contributed by atoms with Crippen LogP contribution < -0.4 is 4.90 Å². The van der Waals surface area contributed by atoms with Crippen LogP contribution in [0.4, 0.5) is 5.69 Å². The highest BCUT2D eigenvalue weighted by Crippen LogP contribution is 2.31. The van der Waals surface area contributed by atoms with E-state index in [-0.39, 0.29) is 5.91 Å². The van der Waals surface area contributed by atoms with Crippen LogP contribution in [-0.2, 0) is 17.6 Å². The number of benzene rings is 2. The number of pyridine rings is 1. The van der Waals surface area contributed by atoms with Gasteiger partial charge in [-0.2, -0.15) is 0 Å². The molecule has 0 saturated carbocycles. The van der Waals surface area contributed by atoms with E-state index in [1.807, 2.05) is 41.4 Å². The zero-order valence-electron chi connectivity index (χ0n) is 17.0. The first-order chi connectivity index (χ1) is 14.8. The topological polar surface area (TPSA) is 49.0 Å². The average Bonchev–Trinajstić information content (AvgIpc) is 3.18. The van der Waals surface area contributed by atoms with E-state index in [1.54, 1.807) is 0 Å². The number of hydrogen-bond acceptors (Lipinski definition) is 2. The molecule has 4 heteroatoms. The van der Waals surface area contributed by atoms with Crippen molar-refractivity contribution >= 4 is 22.5 Å². The van der Waals surface area contributed by atoms with Gasteiger partial charge >= 0.3 is 0 Å². The van der Waals surface area contributed by atoms with E-state index >= 15 is 0 Å². The van der Waals surface area contributed by atoms with Crippen LogP contribution in [0.25, 0.3) is 22.3 Å². The van der Waals surface area contributed by atoms with Crippen LogP contribution in [-0.4, -0.2) is 22.4 Å². The summed E-state index contributed by atoms with van der Waals surface area (Å²) in [6, 6.07) is 22.6. The second kappa shape index (κ2) is 8.15. The van der Waals surface area contributed by atoms with Crippen LogP contribution in [0, 0.1) is 0 Å². The van der Waals surface area contributed by atoms with Crippen LogP contribution in [0.2, 0.25) is 0 Å². The molecule has 1 aliphatic rings. The molecule has 4 aromatic rings. The number of fused-ring (bicyclic) bond motifs is 2. The van der Waals surface area contributed by atoms with Gasteiger partial charge in [-0.05, 0) is 61.1 Å². The maximum absolute atomic E-state index is 13.0. The fourth-order valence-corrected chi connectivity index (χ4v) is 4.53. The quantitative estimate of drug-likeness (QED) is 0.483. The smallest absolute Gasteiger partial charge is 0.226 e. The lowest BCUT2D eigenvalue weighted by molar-refractivity contribution is -0.118. The summed E-state index contributed by atoms with van der Waals surface area (Å²) in [5, 5.41) is 1.22. The monoisotopic (exact) mass is 395 g/mol. The van der Waals surface area contributed by atoms with Crippen molar-refractivity contribution in [2.75, 3.05) is 11.4 Å². The minimum absolute atomic E-state index is 0.223. The van der Waals surface area contributed by atoms with Crippen LogP contribution >= 0.6 is 0 Å². The maximum atomic E-state index is 13.0. The maximum Gasteiger partial charge on any atom is 0.226 e. The molecule has 2 aromatic carbocycles. The predicted octanol–water partition coefficient (Wildman–Crippen LogP) is 5.53. The van der Waals surface area contributed by atoms with Crippen LogP contribution in [0.1, 0.15) is 30.4 Å². The Hall–Kier alpha value is -3.40. The molecule has 30 heavy (non-hydrogen) atoms. The highest BCUT2D eigenvalue weighted by Gasteiger charge is 2.22. The predicted molar refractivity (Wildman–Crippen MR) is 122 cm³/mol. The van der Waals surface area contributed by atoms with E-state index in [4.69, 9.17) is 0 Å². The number of carbonyl (C=O) groups excluding carboxylic acids is 1. The number of amides is 1. The van der Waals surface area contributed by atoms with E-state index in [0.717, 1.165) is 54.8 Å². The molecule has 4 nitrogen and oxygen atoms in total. The number of aromatic amines is 1. The van der Waals surface area contributed by atoms with Gasteiger partial charge in [-0.15, -0.1) is 0 Å². The van der Waals surface area contributed by atoms with Crippen LogP contribution in [0.3, 0.4) is 0 Å². The van der Waals surface area contributed by atoms with Crippen molar-refractivity contribution in [3.8, 4) is 11.4 Å². The summed E-state index contributed by atoms with van der Waals surface area (Å²) in [4.78, 5) is 23.1. The first-order valence-corrected chi connectivity index (χ1v) is 10.7. The SMILES string of the molecule is O=C(CCCc1c(-c2ccccn2)[nH]c2ccccc12)N1CCCc2ccccc21. The minimum atomic E-state index is 0.223. The van der Waals surface area contributed by atoms with Crippen LogP contribution in [0.5, 0.6) is 0 Å². The van der Waals surface area contributed by atoms with E-state index in [1.165, 1.54) is 16.5 Å². The lowest BCUT2D eigenvalue weighted by atomic mass is 10.00. The highest BCUT2D eigenvalue weighted by molar-refractivity contribution is 5.95. The molecule has 2 aromatic heterocycles. The van der Waals surface area contributed by atoms with Gasteiger partial charge in [0.15, 0.2) is 0 Å². The number of hydrogen-bond donors (Lipinski definition) is 1. The third-order valence-corrected chi connectivity index (χ3v) is 5.96. The van der Waals surface area contributed by atoms with E-state index in [9.17, 15) is 4.79 Å². The standard InChI is InChI=1S/C26H25N3O/c30-25(29-18-8-10-19-9-1-4-15-24(19)29)16-7-12-21-20-11-2-3-13-22(20)28-26(21)23-14-5-6-17-27-23/h1-6,9,11,13-15,17,28H,7-8,10,12,16,18H2. The van der Waals surface area contributed by atoms with Crippen molar-refractivity contribution in [3.63, 3.8) is 0 Å². The molecule has 0 radical (unpaired) electrons. The van der Waals surface area contributed by atoms with Gasteiger partial charge in [0.2, 0.25) is 5.91 Å². The van der Waals surface area contributed by atoms with Crippen molar-refractivity contribution in [2.45, 2.75) is 32.1 Å². The molecule has 0 atom stereocenters. The van der Waals surface area contributed by atoms with Crippen molar-refractivity contribution in [1.29, 1.82) is 0 Å². The van der Waals surface area contributed by atoms with Crippen molar-refractivity contribution in [2.24, 2.45) is 0 Å². The molecule has 3 heterocycles. The number of aryl methyl sites for hydroxylation is 2. The van der Waals surface area contributed by atoms with Gasteiger partial charge in [0, 0.05) is 35.8 Å². The Kier molecular flexibility index (Phi) is 5.06. The summed E-state index contributed by atoms with van der Waals surface area (Å²) < 4.78 is 0. The Bertz CT molecular complexity index is 1180. The van der Waals surface area contributed by atoms with Crippen molar-refractivity contribution in [1.82, 2.24) is 9.97 Å². The largest absolute Gasteiger partial charge is 0.353 e. The molecule has 5 rings (SSSR count). The number of anilines is 1. The number of rotatable bonds is 5. The van der Waals surface area contributed by atoms with E-state index in [2.05, 4.69) is 46.4 Å². The fraction of sp³-hybridized carbons (Fsp3) is 0.231. The minimum Gasteiger partial charge on any atom is -0.353 e. The summed E-state index contributed by atoms with van der Waals surface area (Å²) in [7, 11) is 0. The summed E-state index contributed by atoms with van der Waals surface area (Å²) in [6.07, 6.45) is 6.13. The Morgan fingerprint density at radius 2 is 1.83 bits per heavy atom. The number of carbonyl (C=O) groups is 1. The second-order valence-corrected chi connectivity index (χ2v) is 7.87. The lowest BCUT2D eigenvalue weighted by Gasteiger charge is -2.29. The second-order valence-electron chi connectivity index (χ2n) is 7.87. The van der Waals surface area contributed by atoms with Gasteiger partial charge in [-0.25, -0.2) is 0 Å². The van der Waals surface area contributed by atoms with Gasteiger partial charge in [-0.1, -0.05) is 42.5 Å². The molecule has 1 aliphatic heterocycles. The van der Waals surface area contributed by atoms with Gasteiger partial charge in [-0.3, -0.25) is 9.78 Å². The Labute approximate surface area is 176 Å². The molecule has 0 aliphatic carbocycles. The fourth-order valence-electron chi connectivity index (χ4n) is 4.53. The van der Waals surface area contributed by atoms with Gasteiger partial charge in [0.1, 0.15) is 0 Å². The number of nitrogens with one attached hydrogen (secondary N) is 1. The molecule has 0 fully saturated rings. The molecule has 1 N–H and O–H groups in total. The van der Waals surface area contributed by atoms with Crippen molar-refractivity contribution in [3.05, 3.63) is 84.1 Å². The number of para-hydroxylation sites is 2. The Morgan fingerprint density at radius 3 is 2.73 bits per heavy atom. The summed E-state index contributed by atoms with van der Waals surface area (Å²) in [5.74, 6) is 0.223. The number of aromatic nitrogens is 2. The molecule has 1 amide bonds. The summed E-state index contributed by atoms with van der Waals surface area (Å²) >= 11 is 0. The molecular formula is C26H25N3O. The Morgan fingerprint density at radius 1 is 1.00 bits per heavy atom.